The van der Waals surface area contributed by atoms with Gasteiger partial charge in [0.2, 0.25) is 10.0 Å². The molecule has 0 saturated heterocycles. The van der Waals surface area contributed by atoms with Gasteiger partial charge in [-0.3, -0.25) is 4.79 Å². The Bertz CT molecular complexity index is 1780. The second-order valence-electron chi connectivity index (χ2n) is 10.8. The summed E-state index contributed by atoms with van der Waals surface area (Å²) in [5, 5.41) is 18.7. The Morgan fingerprint density at radius 1 is 1.10 bits per heavy atom. The molecule has 0 spiro atoms. The summed E-state index contributed by atoms with van der Waals surface area (Å²) in [6, 6.07) is 16.6. The average Bonchev–Trinajstić information content (AvgIpc) is 3.32. The topological polar surface area (TPSA) is 115 Å². The average molecular weight is 573 g/mol. The highest BCUT2D eigenvalue weighted by atomic mass is 32.2. The Hall–Kier alpha value is -4.02. The molecule has 3 atom stereocenters. The van der Waals surface area contributed by atoms with Gasteiger partial charge in [0, 0.05) is 12.5 Å². The molecule has 4 aromatic rings. The molecule has 0 amide bonds. The van der Waals surface area contributed by atoms with Crippen LogP contribution in [0, 0.1) is 13.8 Å². The third kappa shape index (κ3) is 5.13. The Balaban J connectivity index is 1.51. The van der Waals surface area contributed by atoms with Crippen molar-refractivity contribution in [2.24, 2.45) is 0 Å². The van der Waals surface area contributed by atoms with E-state index < -0.39 is 21.9 Å². The summed E-state index contributed by atoms with van der Waals surface area (Å²) in [5.74, 6) is -0.999. The van der Waals surface area contributed by atoms with Crippen molar-refractivity contribution in [3.8, 4) is 5.75 Å². The van der Waals surface area contributed by atoms with Gasteiger partial charge < -0.3 is 9.84 Å². The van der Waals surface area contributed by atoms with Gasteiger partial charge in [-0.2, -0.15) is 4.31 Å². The van der Waals surface area contributed by atoms with Crippen LogP contribution in [0.25, 0.3) is 11.0 Å². The zero-order valence-electron chi connectivity index (χ0n) is 23.0. The lowest BCUT2D eigenvalue weighted by Crippen LogP contribution is -2.36. The summed E-state index contributed by atoms with van der Waals surface area (Å²) in [5.41, 5.74) is 5.95. The first-order valence-corrected chi connectivity index (χ1v) is 15.2. The van der Waals surface area contributed by atoms with Crippen LogP contribution in [0.5, 0.6) is 5.75 Å². The quantitative estimate of drug-likeness (QED) is 0.338. The van der Waals surface area contributed by atoms with Crippen LogP contribution in [0.15, 0.2) is 71.6 Å². The summed E-state index contributed by atoms with van der Waals surface area (Å²) in [6.45, 7) is 4.79. The lowest BCUT2D eigenvalue weighted by Gasteiger charge is -2.25. The normalized spacial score (nSPS) is 22.7. The summed E-state index contributed by atoms with van der Waals surface area (Å²) < 4.78 is 37.4. The van der Waals surface area contributed by atoms with Crippen molar-refractivity contribution in [3.63, 3.8) is 0 Å². The Morgan fingerprint density at radius 2 is 1.93 bits per heavy atom. The number of rotatable bonds is 2. The molecule has 10 heteroatoms. The minimum atomic E-state index is -3.85. The highest BCUT2D eigenvalue weighted by Gasteiger charge is 2.35. The van der Waals surface area contributed by atoms with Gasteiger partial charge in [-0.15, -0.1) is 5.10 Å². The Labute approximate surface area is 239 Å². The van der Waals surface area contributed by atoms with Crippen LogP contribution in [0.3, 0.4) is 0 Å². The van der Waals surface area contributed by atoms with E-state index in [4.69, 9.17) is 4.74 Å². The van der Waals surface area contributed by atoms with E-state index in [1.165, 1.54) is 4.31 Å². The van der Waals surface area contributed by atoms with E-state index in [0.29, 0.717) is 25.1 Å². The number of hydrogen-bond acceptors (Lipinski definition) is 6. The maximum absolute atomic E-state index is 13.9. The summed E-state index contributed by atoms with van der Waals surface area (Å²) in [7, 11) is -3.85. The number of ether oxygens (including phenoxy) is 1. The van der Waals surface area contributed by atoms with Gasteiger partial charge >= 0.3 is 5.97 Å². The maximum Gasteiger partial charge on any atom is 0.304 e. The molecule has 0 saturated carbocycles. The molecular formula is C31H32N4O5S. The number of sulfonamides is 1. The third-order valence-corrected chi connectivity index (χ3v) is 9.98. The van der Waals surface area contributed by atoms with Crippen molar-refractivity contribution in [1.82, 2.24) is 19.3 Å². The van der Waals surface area contributed by atoms with Gasteiger partial charge in [0.05, 0.1) is 25.0 Å². The first-order valence-electron chi connectivity index (χ1n) is 13.8. The molecule has 1 N–H and O–H groups in total. The van der Waals surface area contributed by atoms with Crippen LogP contribution in [0.1, 0.15) is 53.0 Å². The van der Waals surface area contributed by atoms with Crippen LogP contribution in [-0.4, -0.2) is 51.4 Å². The first kappa shape index (κ1) is 27.2. The van der Waals surface area contributed by atoms with E-state index in [0.717, 1.165) is 38.9 Å². The van der Waals surface area contributed by atoms with E-state index in [1.54, 1.807) is 24.3 Å². The molecule has 1 aromatic heterocycles. The van der Waals surface area contributed by atoms with E-state index in [-0.39, 0.29) is 30.5 Å². The fourth-order valence-electron chi connectivity index (χ4n) is 5.86. The van der Waals surface area contributed by atoms with Crippen LogP contribution >= 0.6 is 0 Å². The Morgan fingerprint density at radius 3 is 2.76 bits per heavy atom. The first-order chi connectivity index (χ1) is 19.7. The fraction of sp³-hybridized carbons (Fsp3) is 0.323. The highest BCUT2D eigenvalue weighted by molar-refractivity contribution is 7.89. The number of aromatic nitrogens is 3. The number of nitrogens with zero attached hydrogens (tertiary/aromatic N) is 4. The summed E-state index contributed by atoms with van der Waals surface area (Å²) in [4.78, 5) is 12.2. The lowest BCUT2D eigenvalue weighted by molar-refractivity contribution is -0.137. The highest BCUT2D eigenvalue weighted by Crippen LogP contribution is 2.36. The predicted octanol–water partition coefficient (Wildman–Crippen LogP) is 4.96. The zero-order valence-corrected chi connectivity index (χ0v) is 23.8. The van der Waals surface area contributed by atoms with E-state index >= 15 is 0 Å². The number of hydrogen-bond donors (Lipinski definition) is 1. The number of fused-ring (bicyclic) bond motifs is 5. The minimum absolute atomic E-state index is 0.114. The van der Waals surface area contributed by atoms with Crippen molar-refractivity contribution in [3.05, 3.63) is 94.6 Å². The van der Waals surface area contributed by atoms with Crippen LogP contribution in [-0.2, 0) is 27.9 Å². The van der Waals surface area contributed by atoms with Crippen molar-refractivity contribution in [1.29, 1.82) is 0 Å². The number of benzene rings is 3. The molecule has 3 aliphatic heterocycles. The van der Waals surface area contributed by atoms with Gasteiger partial charge in [0.1, 0.15) is 22.3 Å². The van der Waals surface area contributed by atoms with Crippen molar-refractivity contribution in [2.45, 2.75) is 63.1 Å². The molecule has 0 fully saturated rings. The molecule has 8 bridgehead atoms. The van der Waals surface area contributed by atoms with Crippen LogP contribution in [0.2, 0.25) is 0 Å². The maximum atomic E-state index is 13.9. The van der Waals surface area contributed by atoms with E-state index in [1.807, 2.05) is 54.9 Å². The van der Waals surface area contributed by atoms with Gasteiger partial charge in [-0.1, -0.05) is 53.8 Å². The van der Waals surface area contributed by atoms with Gasteiger partial charge in [-0.05, 0) is 72.7 Å². The molecular weight excluding hydrogens is 540 g/mol. The van der Waals surface area contributed by atoms with E-state index in [2.05, 4.69) is 16.4 Å². The number of aliphatic carboxylic acids is 1. The van der Waals surface area contributed by atoms with E-state index in [9.17, 15) is 18.3 Å². The van der Waals surface area contributed by atoms with Crippen molar-refractivity contribution < 1.29 is 23.1 Å². The number of allylic oxidation sites excluding steroid dienone is 2. The standard InChI is InChI=1S/C31H32N4O5S/c1-20-11-12-22-16-23(20)18-34-19-24(40-28-9-5-6-10-29(28)41(34,38)39)8-4-3-7-15-35-27-14-13-25(26(22)17-30(36)37)21(2)31(27)32-33-35/h3,5-7,9-14,16,24,26H,4,8,15,17-19H2,1-2H3,(H,36,37)/b7-3-. The molecule has 3 aromatic carbocycles. The molecule has 41 heavy (non-hydrogen) atoms. The predicted molar refractivity (Wildman–Crippen MR) is 154 cm³/mol. The van der Waals surface area contributed by atoms with Gasteiger partial charge in [0.25, 0.3) is 0 Å². The molecule has 7 rings (SSSR count). The number of carboxylic acid groups (broad SMARTS) is 1. The fourth-order valence-corrected chi connectivity index (χ4v) is 7.43. The monoisotopic (exact) mass is 572 g/mol. The minimum Gasteiger partial charge on any atom is -0.488 e. The third-order valence-electron chi connectivity index (χ3n) is 8.13. The number of aryl methyl sites for hydroxylation is 2. The molecule has 9 nitrogen and oxygen atoms in total. The molecule has 3 unspecified atom stereocenters. The SMILES string of the molecule is Cc1ccc2cc1CN1CC(CC/C=C\Cn3nnc4c(C)c(ccc43)C2CC(=O)O)Oc2ccccc2S1(=O)=O. The number of carbonyl (C=O) groups is 1. The molecule has 0 aliphatic carbocycles. The van der Waals surface area contributed by atoms with Gasteiger partial charge in [-0.25, -0.2) is 13.1 Å². The van der Waals surface area contributed by atoms with Gasteiger partial charge in [0.15, 0.2) is 0 Å². The summed E-state index contributed by atoms with van der Waals surface area (Å²) in [6.07, 6.45) is 4.98. The molecule has 3 aliphatic rings. The molecule has 4 heterocycles. The second-order valence-corrected chi connectivity index (χ2v) is 12.7. The number of carboxylic acids is 1. The lowest BCUT2D eigenvalue weighted by atomic mass is 9.84. The smallest absolute Gasteiger partial charge is 0.304 e. The second kappa shape index (κ2) is 10.8. The Kier molecular flexibility index (Phi) is 7.13. The van der Waals surface area contributed by atoms with Crippen LogP contribution in [0.4, 0.5) is 0 Å². The van der Waals surface area contributed by atoms with Crippen molar-refractivity contribution >= 4 is 27.0 Å². The van der Waals surface area contributed by atoms with Crippen molar-refractivity contribution in [2.75, 3.05) is 6.54 Å². The largest absolute Gasteiger partial charge is 0.488 e. The zero-order chi connectivity index (χ0) is 28.7. The molecule has 212 valence electrons. The summed E-state index contributed by atoms with van der Waals surface area (Å²) >= 11 is 0. The number of para-hydroxylation sites is 1. The molecule has 0 radical (unpaired) electrons. The van der Waals surface area contributed by atoms with Crippen LogP contribution < -0.4 is 4.74 Å².